The van der Waals surface area contributed by atoms with Crippen molar-refractivity contribution < 1.29 is 0 Å². The molecule has 0 aromatic heterocycles. The molecule has 0 amide bonds. The summed E-state index contributed by atoms with van der Waals surface area (Å²) in [4.78, 5) is 2.54. The summed E-state index contributed by atoms with van der Waals surface area (Å²) in [5.74, 6) is 0. The quantitative estimate of drug-likeness (QED) is 0.591. The number of nitrogen functional groups attached to an aromatic ring is 1. The van der Waals surface area contributed by atoms with Gasteiger partial charge in [0.2, 0.25) is 0 Å². The SMILES string of the molecule is N#CCCCCN(Cc1ccc(N)cc1)C1CC1. The lowest BCUT2D eigenvalue weighted by Gasteiger charge is -2.21. The van der Waals surface area contributed by atoms with Gasteiger partial charge in [-0.05, 0) is 49.9 Å². The van der Waals surface area contributed by atoms with Gasteiger partial charge in [-0.3, -0.25) is 4.90 Å². The summed E-state index contributed by atoms with van der Waals surface area (Å²) < 4.78 is 0. The normalized spacial score (nSPS) is 14.7. The number of nitriles is 1. The molecule has 1 fully saturated rings. The van der Waals surface area contributed by atoms with E-state index in [9.17, 15) is 0 Å². The van der Waals surface area contributed by atoms with E-state index in [0.717, 1.165) is 37.7 Å². The van der Waals surface area contributed by atoms with Crippen LogP contribution in [0.3, 0.4) is 0 Å². The summed E-state index contributed by atoms with van der Waals surface area (Å²) in [7, 11) is 0. The summed E-state index contributed by atoms with van der Waals surface area (Å²) >= 11 is 0. The molecule has 1 saturated carbocycles. The van der Waals surface area contributed by atoms with Crippen molar-refractivity contribution in [3.63, 3.8) is 0 Å². The fourth-order valence-corrected chi connectivity index (χ4v) is 2.21. The number of rotatable bonds is 7. The minimum atomic E-state index is 0.681. The Balaban J connectivity index is 1.82. The maximum Gasteiger partial charge on any atom is 0.0621 e. The first-order valence-electron chi connectivity index (χ1n) is 6.75. The Bertz CT molecular complexity index is 401. The molecule has 3 heteroatoms. The van der Waals surface area contributed by atoms with E-state index in [4.69, 9.17) is 11.0 Å². The average Bonchev–Trinajstić information content (AvgIpc) is 3.20. The lowest BCUT2D eigenvalue weighted by molar-refractivity contribution is 0.250. The molecule has 96 valence electrons. The third kappa shape index (κ3) is 4.05. The van der Waals surface area contributed by atoms with Crippen molar-refractivity contribution in [2.75, 3.05) is 12.3 Å². The number of unbranched alkanes of at least 4 members (excludes halogenated alkanes) is 2. The molecular weight excluding hydrogens is 222 g/mol. The van der Waals surface area contributed by atoms with Crippen LogP contribution in [-0.2, 0) is 6.54 Å². The third-order valence-electron chi connectivity index (χ3n) is 3.41. The van der Waals surface area contributed by atoms with Crippen molar-refractivity contribution in [3.8, 4) is 6.07 Å². The van der Waals surface area contributed by atoms with Gasteiger partial charge in [-0.1, -0.05) is 12.1 Å². The van der Waals surface area contributed by atoms with Gasteiger partial charge < -0.3 is 5.73 Å². The summed E-state index contributed by atoms with van der Waals surface area (Å²) in [5.41, 5.74) is 7.85. The van der Waals surface area contributed by atoms with Crippen molar-refractivity contribution in [2.24, 2.45) is 0 Å². The molecular formula is C15H21N3. The van der Waals surface area contributed by atoms with Crippen LogP contribution in [0.4, 0.5) is 5.69 Å². The number of nitrogens with two attached hydrogens (primary N) is 1. The van der Waals surface area contributed by atoms with Crippen molar-refractivity contribution >= 4 is 5.69 Å². The highest BCUT2D eigenvalue weighted by Gasteiger charge is 2.28. The summed E-state index contributed by atoms with van der Waals surface area (Å²) in [6.45, 7) is 2.12. The highest BCUT2D eigenvalue weighted by Crippen LogP contribution is 2.28. The largest absolute Gasteiger partial charge is 0.399 e. The first-order chi connectivity index (χ1) is 8.79. The van der Waals surface area contributed by atoms with Gasteiger partial charge in [0, 0.05) is 24.7 Å². The molecule has 0 unspecified atom stereocenters. The number of nitrogens with zero attached hydrogens (tertiary/aromatic N) is 2. The number of benzene rings is 1. The standard InChI is InChI=1S/C15H21N3/c16-10-2-1-3-11-18(15-8-9-15)12-13-4-6-14(17)7-5-13/h4-7,15H,1-3,8-9,11-12,17H2. The minimum Gasteiger partial charge on any atom is -0.399 e. The highest BCUT2D eigenvalue weighted by molar-refractivity contribution is 5.39. The van der Waals surface area contributed by atoms with Crippen LogP contribution in [0.2, 0.25) is 0 Å². The predicted molar refractivity (Wildman–Crippen MR) is 73.8 cm³/mol. The zero-order valence-corrected chi connectivity index (χ0v) is 10.8. The maximum absolute atomic E-state index is 8.54. The zero-order valence-electron chi connectivity index (χ0n) is 10.8. The highest BCUT2D eigenvalue weighted by atomic mass is 15.2. The molecule has 0 aliphatic heterocycles. The van der Waals surface area contributed by atoms with Gasteiger partial charge in [-0.2, -0.15) is 5.26 Å². The molecule has 0 heterocycles. The Hall–Kier alpha value is -1.53. The Morgan fingerprint density at radius 2 is 1.94 bits per heavy atom. The van der Waals surface area contributed by atoms with Crippen molar-refractivity contribution in [1.82, 2.24) is 4.90 Å². The first kappa shape index (κ1) is 12.9. The molecule has 0 bridgehead atoms. The van der Waals surface area contributed by atoms with Crippen molar-refractivity contribution in [3.05, 3.63) is 29.8 Å². The smallest absolute Gasteiger partial charge is 0.0621 e. The molecule has 1 aromatic carbocycles. The molecule has 0 radical (unpaired) electrons. The first-order valence-corrected chi connectivity index (χ1v) is 6.75. The van der Waals surface area contributed by atoms with E-state index in [2.05, 4.69) is 23.1 Å². The van der Waals surface area contributed by atoms with Crippen LogP contribution in [-0.4, -0.2) is 17.5 Å². The second-order valence-corrected chi connectivity index (χ2v) is 5.06. The molecule has 1 aliphatic rings. The van der Waals surface area contributed by atoms with Crippen LogP contribution >= 0.6 is 0 Å². The fraction of sp³-hybridized carbons (Fsp3) is 0.533. The van der Waals surface area contributed by atoms with E-state index in [1.54, 1.807) is 0 Å². The van der Waals surface area contributed by atoms with Crippen LogP contribution < -0.4 is 5.73 Å². The maximum atomic E-state index is 8.54. The van der Waals surface area contributed by atoms with Gasteiger partial charge >= 0.3 is 0 Å². The second kappa shape index (κ2) is 6.42. The molecule has 1 aliphatic carbocycles. The molecule has 0 spiro atoms. The lowest BCUT2D eigenvalue weighted by atomic mass is 10.1. The van der Waals surface area contributed by atoms with E-state index in [0.29, 0.717) is 6.42 Å². The zero-order chi connectivity index (χ0) is 12.8. The third-order valence-corrected chi connectivity index (χ3v) is 3.41. The summed E-state index contributed by atoms with van der Waals surface area (Å²) in [6.07, 6.45) is 5.47. The Kier molecular flexibility index (Phi) is 4.60. The summed E-state index contributed by atoms with van der Waals surface area (Å²) in [5, 5.41) is 8.54. The van der Waals surface area contributed by atoms with Crippen LogP contribution in [0.15, 0.2) is 24.3 Å². The van der Waals surface area contributed by atoms with E-state index in [1.807, 2.05) is 12.1 Å². The Morgan fingerprint density at radius 3 is 2.56 bits per heavy atom. The van der Waals surface area contributed by atoms with Gasteiger partial charge in [0.05, 0.1) is 6.07 Å². The van der Waals surface area contributed by atoms with E-state index < -0.39 is 0 Å². The van der Waals surface area contributed by atoms with Crippen LogP contribution in [0.1, 0.15) is 37.7 Å². The molecule has 3 nitrogen and oxygen atoms in total. The van der Waals surface area contributed by atoms with E-state index in [1.165, 1.54) is 18.4 Å². The molecule has 0 atom stereocenters. The average molecular weight is 243 g/mol. The van der Waals surface area contributed by atoms with E-state index >= 15 is 0 Å². The van der Waals surface area contributed by atoms with Crippen LogP contribution in [0.25, 0.3) is 0 Å². The summed E-state index contributed by atoms with van der Waals surface area (Å²) in [6, 6.07) is 11.1. The molecule has 2 N–H and O–H groups in total. The predicted octanol–water partition coefficient (Wildman–Crippen LogP) is 2.93. The Morgan fingerprint density at radius 1 is 1.22 bits per heavy atom. The number of hydrogen-bond donors (Lipinski definition) is 1. The monoisotopic (exact) mass is 243 g/mol. The topological polar surface area (TPSA) is 53.0 Å². The lowest BCUT2D eigenvalue weighted by Crippen LogP contribution is -2.26. The van der Waals surface area contributed by atoms with Gasteiger partial charge in [0.1, 0.15) is 0 Å². The van der Waals surface area contributed by atoms with Crippen LogP contribution in [0.5, 0.6) is 0 Å². The number of anilines is 1. The number of hydrogen-bond acceptors (Lipinski definition) is 3. The van der Waals surface area contributed by atoms with Gasteiger partial charge in [-0.25, -0.2) is 0 Å². The van der Waals surface area contributed by atoms with E-state index in [-0.39, 0.29) is 0 Å². The Labute approximate surface area is 109 Å². The molecule has 2 rings (SSSR count). The molecule has 0 saturated heterocycles. The molecule has 18 heavy (non-hydrogen) atoms. The minimum absolute atomic E-state index is 0.681. The van der Waals surface area contributed by atoms with Gasteiger partial charge in [-0.15, -0.1) is 0 Å². The van der Waals surface area contributed by atoms with Gasteiger partial charge in [0.15, 0.2) is 0 Å². The second-order valence-electron chi connectivity index (χ2n) is 5.06. The van der Waals surface area contributed by atoms with Crippen molar-refractivity contribution in [2.45, 2.75) is 44.7 Å². The fourth-order valence-electron chi connectivity index (χ4n) is 2.21. The molecule has 1 aromatic rings. The van der Waals surface area contributed by atoms with Crippen LogP contribution in [0, 0.1) is 11.3 Å². The van der Waals surface area contributed by atoms with Gasteiger partial charge in [0.25, 0.3) is 0 Å². The van der Waals surface area contributed by atoms with Crippen molar-refractivity contribution in [1.29, 1.82) is 5.26 Å².